The van der Waals surface area contributed by atoms with E-state index in [1.165, 1.54) is 4.90 Å². The summed E-state index contributed by atoms with van der Waals surface area (Å²) in [6, 6.07) is 3.54. The highest BCUT2D eigenvalue weighted by atomic mass is 19.4. The normalized spacial score (nSPS) is 11.9. The van der Waals surface area contributed by atoms with Crippen LogP contribution in [0.4, 0.5) is 19.0 Å². The van der Waals surface area contributed by atoms with Crippen LogP contribution in [0.2, 0.25) is 0 Å². The lowest BCUT2D eigenvalue weighted by atomic mass is 10.2. The number of anilines is 1. The van der Waals surface area contributed by atoms with Gasteiger partial charge in [0.1, 0.15) is 5.82 Å². The van der Waals surface area contributed by atoms with Crippen molar-refractivity contribution in [2.75, 3.05) is 25.0 Å². The molecule has 0 bridgehead atoms. The number of pyridine rings is 1. The third-order valence-corrected chi connectivity index (χ3v) is 2.53. The highest BCUT2D eigenvalue weighted by Gasteiger charge is 2.30. The zero-order valence-electron chi connectivity index (χ0n) is 11.3. The minimum absolute atomic E-state index is 0.286. The molecule has 6 heteroatoms. The van der Waals surface area contributed by atoms with Gasteiger partial charge in [0, 0.05) is 19.3 Å². The maximum atomic E-state index is 12.5. The molecule has 0 aliphatic carbocycles. The van der Waals surface area contributed by atoms with Gasteiger partial charge in [-0.3, -0.25) is 4.90 Å². The standard InChI is InChI=1S/C13H20F3N3/c1-3-7-19(10-13(14,15)16)9-11-5-6-18-12(8-11)17-4-2/h5-6,8H,3-4,7,9-10H2,1-2H3,(H,17,18). The third kappa shape index (κ3) is 6.42. The lowest BCUT2D eigenvalue weighted by molar-refractivity contribution is -0.147. The molecule has 1 heterocycles. The molecule has 1 aromatic heterocycles. The van der Waals surface area contributed by atoms with Crippen molar-refractivity contribution in [3.8, 4) is 0 Å². The van der Waals surface area contributed by atoms with Gasteiger partial charge in [0.2, 0.25) is 0 Å². The Hall–Kier alpha value is -1.30. The fourth-order valence-corrected chi connectivity index (χ4v) is 1.89. The lowest BCUT2D eigenvalue weighted by Crippen LogP contribution is -2.34. The highest BCUT2D eigenvalue weighted by Crippen LogP contribution is 2.19. The second kappa shape index (κ2) is 7.33. The summed E-state index contributed by atoms with van der Waals surface area (Å²) < 4.78 is 37.4. The van der Waals surface area contributed by atoms with Crippen LogP contribution in [0.25, 0.3) is 0 Å². The zero-order chi connectivity index (χ0) is 14.3. The Bertz CT molecular complexity index is 380. The van der Waals surface area contributed by atoms with Crippen LogP contribution >= 0.6 is 0 Å². The van der Waals surface area contributed by atoms with E-state index < -0.39 is 12.7 Å². The van der Waals surface area contributed by atoms with Gasteiger partial charge in [-0.25, -0.2) is 4.98 Å². The number of halogens is 3. The maximum Gasteiger partial charge on any atom is 0.401 e. The third-order valence-electron chi connectivity index (χ3n) is 2.53. The lowest BCUT2D eigenvalue weighted by Gasteiger charge is -2.23. The Morgan fingerprint density at radius 2 is 2.05 bits per heavy atom. The van der Waals surface area contributed by atoms with Gasteiger partial charge >= 0.3 is 6.18 Å². The molecule has 3 nitrogen and oxygen atoms in total. The number of alkyl halides is 3. The second-order valence-electron chi connectivity index (χ2n) is 4.41. The summed E-state index contributed by atoms with van der Waals surface area (Å²) in [6.45, 7) is 4.39. The maximum absolute atomic E-state index is 12.5. The van der Waals surface area contributed by atoms with E-state index in [0.717, 1.165) is 12.1 Å². The summed E-state index contributed by atoms with van der Waals surface area (Å²) in [5.41, 5.74) is 0.837. The number of rotatable bonds is 7. The molecule has 0 aliphatic rings. The minimum Gasteiger partial charge on any atom is -0.370 e. The number of hydrogen-bond donors (Lipinski definition) is 1. The first kappa shape index (κ1) is 15.8. The van der Waals surface area contributed by atoms with E-state index in [-0.39, 0.29) is 6.54 Å². The molecule has 0 spiro atoms. The summed E-state index contributed by atoms with van der Waals surface area (Å²) in [5, 5.41) is 3.05. The van der Waals surface area contributed by atoms with Gasteiger partial charge in [0.15, 0.2) is 0 Å². The van der Waals surface area contributed by atoms with Gasteiger partial charge in [-0.2, -0.15) is 13.2 Å². The Balaban J connectivity index is 2.69. The monoisotopic (exact) mass is 275 g/mol. The first-order valence-corrected chi connectivity index (χ1v) is 6.42. The van der Waals surface area contributed by atoms with E-state index in [1.807, 2.05) is 13.8 Å². The smallest absolute Gasteiger partial charge is 0.370 e. The van der Waals surface area contributed by atoms with Crippen molar-refractivity contribution in [2.24, 2.45) is 0 Å². The van der Waals surface area contributed by atoms with E-state index in [1.54, 1.807) is 18.3 Å². The molecule has 0 radical (unpaired) electrons. The molecule has 19 heavy (non-hydrogen) atoms. The van der Waals surface area contributed by atoms with Crippen molar-refractivity contribution in [3.05, 3.63) is 23.9 Å². The van der Waals surface area contributed by atoms with Crippen LogP contribution in [0.3, 0.4) is 0 Å². The molecule has 0 aromatic carbocycles. The average Bonchev–Trinajstić information content (AvgIpc) is 2.28. The van der Waals surface area contributed by atoms with Gasteiger partial charge in [-0.05, 0) is 37.6 Å². The molecular weight excluding hydrogens is 255 g/mol. The Morgan fingerprint density at radius 1 is 1.32 bits per heavy atom. The molecule has 108 valence electrons. The van der Waals surface area contributed by atoms with Crippen LogP contribution in [0.15, 0.2) is 18.3 Å². The Morgan fingerprint density at radius 3 is 2.63 bits per heavy atom. The van der Waals surface area contributed by atoms with Crippen molar-refractivity contribution >= 4 is 5.82 Å². The quantitative estimate of drug-likeness (QED) is 0.827. The Labute approximate surface area is 111 Å². The van der Waals surface area contributed by atoms with E-state index in [4.69, 9.17) is 0 Å². The van der Waals surface area contributed by atoms with Gasteiger partial charge in [-0.15, -0.1) is 0 Å². The average molecular weight is 275 g/mol. The summed E-state index contributed by atoms with van der Waals surface area (Å²) in [4.78, 5) is 5.51. The zero-order valence-corrected chi connectivity index (χ0v) is 11.3. The molecule has 0 unspecified atom stereocenters. The summed E-state index contributed by atoms with van der Waals surface area (Å²) in [6.07, 6.45) is -1.85. The molecule has 0 aliphatic heterocycles. The predicted molar refractivity (Wildman–Crippen MR) is 70.0 cm³/mol. The molecular formula is C13H20F3N3. The Kier molecular flexibility index (Phi) is 6.08. The van der Waals surface area contributed by atoms with Crippen LogP contribution in [0.5, 0.6) is 0 Å². The van der Waals surface area contributed by atoms with Crippen molar-refractivity contribution in [3.63, 3.8) is 0 Å². The van der Waals surface area contributed by atoms with Crippen LogP contribution in [0.1, 0.15) is 25.8 Å². The van der Waals surface area contributed by atoms with E-state index in [2.05, 4.69) is 10.3 Å². The second-order valence-corrected chi connectivity index (χ2v) is 4.41. The van der Waals surface area contributed by atoms with Crippen LogP contribution in [-0.2, 0) is 6.54 Å². The molecule has 0 amide bonds. The first-order valence-electron chi connectivity index (χ1n) is 6.42. The topological polar surface area (TPSA) is 28.2 Å². The number of nitrogens with zero attached hydrogens (tertiary/aromatic N) is 2. The summed E-state index contributed by atoms with van der Waals surface area (Å²) in [5.74, 6) is 0.698. The van der Waals surface area contributed by atoms with Crippen molar-refractivity contribution in [1.82, 2.24) is 9.88 Å². The predicted octanol–water partition coefficient (Wildman–Crippen LogP) is 3.29. The van der Waals surface area contributed by atoms with E-state index >= 15 is 0 Å². The SMILES string of the molecule is CCCN(Cc1ccnc(NCC)c1)CC(F)(F)F. The van der Waals surface area contributed by atoms with Gasteiger partial charge in [0.05, 0.1) is 6.54 Å². The largest absolute Gasteiger partial charge is 0.401 e. The fourth-order valence-electron chi connectivity index (χ4n) is 1.89. The van der Waals surface area contributed by atoms with Crippen LogP contribution in [0, 0.1) is 0 Å². The number of aromatic nitrogens is 1. The number of hydrogen-bond acceptors (Lipinski definition) is 3. The molecule has 0 saturated carbocycles. The molecule has 0 saturated heterocycles. The minimum atomic E-state index is -4.16. The fraction of sp³-hybridized carbons (Fsp3) is 0.615. The molecule has 1 N–H and O–H groups in total. The molecule has 0 fully saturated rings. The van der Waals surface area contributed by atoms with Crippen molar-refractivity contribution < 1.29 is 13.2 Å². The van der Waals surface area contributed by atoms with Crippen molar-refractivity contribution in [1.29, 1.82) is 0 Å². The first-order chi connectivity index (χ1) is 8.94. The van der Waals surface area contributed by atoms with E-state index in [9.17, 15) is 13.2 Å². The number of nitrogens with one attached hydrogen (secondary N) is 1. The van der Waals surface area contributed by atoms with Crippen LogP contribution < -0.4 is 5.32 Å². The van der Waals surface area contributed by atoms with E-state index in [0.29, 0.717) is 18.8 Å². The van der Waals surface area contributed by atoms with Gasteiger partial charge < -0.3 is 5.32 Å². The van der Waals surface area contributed by atoms with Crippen molar-refractivity contribution in [2.45, 2.75) is 33.0 Å². The highest BCUT2D eigenvalue weighted by molar-refractivity contribution is 5.37. The molecule has 1 rings (SSSR count). The molecule has 0 atom stereocenters. The van der Waals surface area contributed by atoms with Crippen LogP contribution in [-0.4, -0.2) is 35.7 Å². The van der Waals surface area contributed by atoms with Gasteiger partial charge in [0.25, 0.3) is 0 Å². The van der Waals surface area contributed by atoms with Gasteiger partial charge in [-0.1, -0.05) is 6.92 Å². The molecule has 1 aromatic rings. The summed E-state index contributed by atoms with van der Waals surface area (Å²) in [7, 11) is 0. The summed E-state index contributed by atoms with van der Waals surface area (Å²) >= 11 is 0.